The third-order valence-corrected chi connectivity index (χ3v) is 6.31. The van der Waals surface area contributed by atoms with E-state index in [2.05, 4.69) is 20.7 Å². The molecular formula is C23H19N5O3S. The van der Waals surface area contributed by atoms with Gasteiger partial charge < -0.3 is 15.0 Å². The van der Waals surface area contributed by atoms with Gasteiger partial charge in [-0.05, 0) is 48.5 Å². The van der Waals surface area contributed by atoms with Gasteiger partial charge in [0.05, 0.1) is 17.9 Å². The lowest BCUT2D eigenvalue weighted by molar-refractivity contribution is 0.0972. The van der Waals surface area contributed by atoms with Crippen LogP contribution in [0.4, 0.5) is 11.4 Å². The van der Waals surface area contributed by atoms with Crippen LogP contribution in [0.5, 0.6) is 0 Å². The molecule has 1 aromatic heterocycles. The number of aromatic amines is 1. The Hall–Kier alpha value is -3.69. The van der Waals surface area contributed by atoms with Crippen molar-refractivity contribution >= 4 is 46.0 Å². The first kappa shape index (κ1) is 20.2. The fraction of sp³-hybridized carbons (Fsp3) is 0.130. The van der Waals surface area contributed by atoms with Crippen molar-refractivity contribution in [1.29, 1.82) is 0 Å². The fourth-order valence-corrected chi connectivity index (χ4v) is 4.71. The molecule has 2 heterocycles. The van der Waals surface area contributed by atoms with E-state index in [0.29, 0.717) is 41.0 Å². The monoisotopic (exact) mass is 445 g/mol. The zero-order valence-corrected chi connectivity index (χ0v) is 18.0. The van der Waals surface area contributed by atoms with Gasteiger partial charge in [0.15, 0.2) is 0 Å². The summed E-state index contributed by atoms with van der Waals surface area (Å²) in [7, 11) is 1.61. The average Bonchev–Trinajstić information content (AvgIpc) is 3.24. The molecule has 0 unspecified atom stereocenters. The van der Waals surface area contributed by atoms with Crippen LogP contribution >= 0.6 is 11.8 Å². The smallest absolute Gasteiger partial charge is 0.259 e. The van der Waals surface area contributed by atoms with Gasteiger partial charge in [-0.25, -0.2) is 0 Å². The van der Waals surface area contributed by atoms with Gasteiger partial charge in [-0.1, -0.05) is 23.9 Å². The molecular weight excluding hydrogens is 426 g/mol. The molecule has 0 bridgehead atoms. The molecule has 2 amide bonds. The number of methoxy groups -OCH3 is 1. The van der Waals surface area contributed by atoms with Crippen LogP contribution in [-0.2, 0) is 4.74 Å². The molecule has 0 fully saturated rings. The molecule has 0 aliphatic carbocycles. The van der Waals surface area contributed by atoms with Crippen molar-refractivity contribution in [3.05, 3.63) is 71.8 Å². The van der Waals surface area contributed by atoms with E-state index >= 15 is 0 Å². The minimum atomic E-state index is -0.249. The number of carbonyl (C=O) groups excluding carboxylic acids is 2. The Kier molecular flexibility index (Phi) is 5.34. The Balaban J connectivity index is 1.47. The van der Waals surface area contributed by atoms with Crippen LogP contribution in [0.1, 0.15) is 20.7 Å². The highest BCUT2D eigenvalue weighted by molar-refractivity contribution is 7.99. The Morgan fingerprint density at radius 2 is 1.91 bits per heavy atom. The van der Waals surface area contributed by atoms with Crippen LogP contribution in [0.15, 0.2) is 70.5 Å². The van der Waals surface area contributed by atoms with Gasteiger partial charge in [-0.3, -0.25) is 9.59 Å². The van der Waals surface area contributed by atoms with Crippen LogP contribution in [0.25, 0.3) is 11.0 Å². The maximum atomic E-state index is 13.2. The van der Waals surface area contributed by atoms with Gasteiger partial charge >= 0.3 is 0 Å². The number of benzene rings is 3. The van der Waals surface area contributed by atoms with Crippen molar-refractivity contribution < 1.29 is 14.3 Å². The SMILES string of the molecule is COCCN1C(=O)c2ccccc2Sc2cc(NC(=O)c3ccc4n[nH]nc4c3)ccc21. The molecule has 9 heteroatoms. The highest BCUT2D eigenvalue weighted by Crippen LogP contribution is 2.42. The number of rotatable bonds is 5. The number of nitrogens with zero attached hydrogens (tertiary/aromatic N) is 3. The van der Waals surface area contributed by atoms with E-state index in [1.54, 1.807) is 36.3 Å². The van der Waals surface area contributed by atoms with Crippen LogP contribution < -0.4 is 10.2 Å². The Labute approximate surface area is 188 Å². The summed E-state index contributed by atoms with van der Waals surface area (Å²) < 4.78 is 5.22. The van der Waals surface area contributed by atoms with E-state index in [1.165, 1.54) is 11.8 Å². The summed E-state index contributed by atoms with van der Waals surface area (Å²) in [6.07, 6.45) is 0. The number of anilines is 2. The van der Waals surface area contributed by atoms with Gasteiger partial charge in [-0.2, -0.15) is 15.4 Å². The second-order valence-corrected chi connectivity index (χ2v) is 8.30. The molecule has 0 saturated carbocycles. The van der Waals surface area contributed by atoms with Crippen LogP contribution in [0.3, 0.4) is 0 Å². The first-order valence-electron chi connectivity index (χ1n) is 9.97. The molecule has 3 aromatic carbocycles. The molecule has 8 nitrogen and oxygen atoms in total. The molecule has 0 radical (unpaired) electrons. The molecule has 0 spiro atoms. The first-order chi connectivity index (χ1) is 15.6. The summed E-state index contributed by atoms with van der Waals surface area (Å²) in [5.41, 5.74) is 3.88. The van der Waals surface area contributed by atoms with E-state index in [4.69, 9.17) is 4.74 Å². The van der Waals surface area contributed by atoms with E-state index in [0.717, 1.165) is 15.5 Å². The van der Waals surface area contributed by atoms with Crippen molar-refractivity contribution in [2.24, 2.45) is 0 Å². The minimum Gasteiger partial charge on any atom is -0.383 e. The number of ether oxygens (including phenoxy) is 1. The average molecular weight is 446 g/mol. The highest BCUT2D eigenvalue weighted by atomic mass is 32.2. The van der Waals surface area contributed by atoms with Crippen LogP contribution in [-0.4, -0.2) is 47.5 Å². The molecule has 1 aliphatic heterocycles. The minimum absolute atomic E-state index is 0.0680. The summed E-state index contributed by atoms with van der Waals surface area (Å²) in [6.45, 7) is 0.849. The number of nitrogens with one attached hydrogen (secondary N) is 2. The zero-order chi connectivity index (χ0) is 22.1. The molecule has 160 valence electrons. The van der Waals surface area contributed by atoms with Crippen molar-refractivity contribution in [3.8, 4) is 0 Å². The Morgan fingerprint density at radius 1 is 1.06 bits per heavy atom. The predicted molar refractivity (Wildman–Crippen MR) is 122 cm³/mol. The summed E-state index contributed by atoms with van der Waals surface area (Å²) in [5, 5.41) is 13.5. The molecule has 4 aromatic rings. The molecule has 2 N–H and O–H groups in total. The predicted octanol–water partition coefficient (Wildman–Crippen LogP) is 3.97. The summed E-state index contributed by atoms with van der Waals surface area (Å²) >= 11 is 1.51. The largest absolute Gasteiger partial charge is 0.383 e. The van der Waals surface area contributed by atoms with E-state index in [9.17, 15) is 9.59 Å². The standard InChI is InChI=1S/C23H19N5O3S/c1-31-11-10-28-19-9-7-15(13-21(19)32-20-5-3-2-4-16(20)23(28)30)24-22(29)14-6-8-17-18(12-14)26-27-25-17/h2-9,12-13H,10-11H2,1H3,(H,24,29)(H,25,26,27). The van der Waals surface area contributed by atoms with Crippen molar-refractivity contribution in [2.45, 2.75) is 9.79 Å². The maximum Gasteiger partial charge on any atom is 0.259 e. The molecule has 0 atom stereocenters. The second-order valence-electron chi connectivity index (χ2n) is 7.21. The number of amides is 2. The van der Waals surface area contributed by atoms with Gasteiger partial charge in [0.1, 0.15) is 11.0 Å². The molecule has 5 rings (SSSR count). The van der Waals surface area contributed by atoms with E-state index in [1.807, 2.05) is 36.4 Å². The van der Waals surface area contributed by atoms with Gasteiger partial charge in [0.25, 0.3) is 11.8 Å². The highest BCUT2D eigenvalue weighted by Gasteiger charge is 2.27. The lowest BCUT2D eigenvalue weighted by atomic mass is 10.1. The second kappa shape index (κ2) is 8.45. The van der Waals surface area contributed by atoms with Gasteiger partial charge in [-0.15, -0.1) is 0 Å². The fourth-order valence-electron chi connectivity index (χ4n) is 3.59. The summed E-state index contributed by atoms with van der Waals surface area (Å²) in [6, 6.07) is 18.2. The molecule has 1 aliphatic rings. The first-order valence-corrected chi connectivity index (χ1v) is 10.8. The van der Waals surface area contributed by atoms with E-state index in [-0.39, 0.29) is 11.8 Å². The normalized spacial score (nSPS) is 12.9. The number of aromatic nitrogens is 3. The van der Waals surface area contributed by atoms with Crippen molar-refractivity contribution in [2.75, 3.05) is 30.5 Å². The lowest BCUT2D eigenvalue weighted by Crippen LogP contribution is -2.33. The van der Waals surface area contributed by atoms with Gasteiger partial charge in [0, 0.05) is 34.7 Å². The third kappa shape index (κ3) is 3.72. The molecule has 0 saturated heterocycles. The Bertz CT molecular complexity index is 1340. The zero-order valence-electron chi connectivity index (χ0n) is 17.2. The number of H-pyrrole nitrogens is 1. The lowest BCUT2D eigenvalue weighted by Gasteiger charge is -2.23. The molecule has 32 heavy (non-hydrogen) atoms. The van der Waals surface area contributed by atoms with Crippen LogP contribution in [0, 0.1) is 0 Å². The third-order valence-electron chi connectivity index (χ3n) is 5.19. The maximum absolute atomic E-state index is 13.2. The summed E-state index contributed by atoms with van der Waals surface area (Å²) in [5.74, 6) is -0.317. The Morgan fingerprint density at radius 3 is 2.78 bits per heavy atom. The summed E-state index contributed by atoms with van der Waals surface area (Å²) in [4.78, 5) is 29.5. The van der Waals surface area contributed by atoms with Crippen molar-refractivity contribution in [3.63, 3.8) is 0 Å². The quantitative estimate of drug-likeness (QED) is 0.482. The van der Waals surface area contributed by atoms with Gasteiger partial charge in [0.2, 0.25) is 0 Å². The number of hydrogen-bond acceptors (Lipinski definition) is 6. The number of hydrogen-bond donors (Lipinski definition) is 2. The van der Waals surface area contributed by atoms with Crippen LogP contribution in [0.2, 0.25) is 0 Å². The van der Waals surface area contributed by atoms with Crippen molar-refractivity contribution in [1.82, 2.24) is 15.4 Å². The number of fused-ring (bicyclic) bond motifs is 3. The number of carbonyl (C=O) groups is 2. The van der Waals surface area contributed by atoms with E-state index < -0.39 is 0 Å². The topological polar surface area (TPSA) is 100 Å².